The molecule has 3 unspecified atom stereocenters. The molecule has 5 rings (SSSR count). The van der Waals surface area contributed by atoms with E-state index >= 15 is 0 Å². The van der Waals surface area contributed by atoms with E-state index in [0.29, 0.717) is 42.5 Å². The van der Waals surface area contributed by atoms with Gasteiger partial charge in [-0.1, -0.05) is 63.1 Å². The third kappa shape index (κ3) is 4.59. The van der Waals surface area contributed by atoms with E-state index in [0.717, 1.165) is 37.9 Å². The monoisotopic (exact) mass is 472 g/mol. The van der Waals surface area contributed by atoms with Gasteiger partial charge in [-0.05, 0) is 91.5 Å². The maximum Gasteiger partial charge on any atom is 0.142 e. The Morgan fingerprint density at radius 3 is 2.66 bits per heavy atom. The third-order valence-electron chi connectivity index (χ3n) is 9.49. The molecule has 3 aliphatic carbocycles. The van der Waals surface area contributed by atoms with Crippen molar-refractivity contribution in [2.24, 2.45) is 29.1 Å². The smallest absolute Gasteiger partial charge is 0.142 e. The molecule has 186 valence electrons. The van der Waals surface area contributed by atoms with Crippen molar-refractivity contribution in [1.82, 2.24) is 0 Å². The van der Waals surface area contributed by atoms with Gasteiger partial charge >= 0.3 is 0 Å². The summed E-state index contributed by atoms with van der Waals surface area (Å²) in [5, 5.41) is 0. The van der Waals surface area contributed by atoms with Crippen LogP contribution in [0, 0.1) is 29.1 Å². The highest BCUT2D eigenvalue weighted by molar-refractivity contribution is 5.90. The van der Waals surface area contributed by atoms with Gasteiger partial charge in [0.05, 0.1) is 0 Å². The fourth-order valence-corrected chi connectivity index (χ4v) is 7.82. The quantitative estimate of drug-likeness (QED) is 0.404. The van der Waals surface area contributed by atoms with Gasteiger partial charge in [0.1, 0.15) is 23.9 Å². The maximum absolute atomic E-state index is 13.6. The number of ether oxygens (including phenoxy) is 1. The zero-order valence-corrected chi connectivity index (χ0v) is 21.6. The molecule has 0 radical (unpaired) electrons. The van der Waals surface area contributed by atoms with Crippen molar-refractivity contribution >= 4 is 11.6 Å². The molecule has 2 aromatic carbocycles. The van der Waals surface area contributed by atoms with Gasteiger partial charge in [0.2, 0.25) is 0 Å². The molecule has 35 heavy (non-hydrogen) atoms. The molecule has 2 aromatic rings. The normalized spacial score (nSPS) is 31.4. The Morgan fingerprint density at radius 2 is 1.91 bits per heavy atom. The Kier molecular flexibility index (Phi) is 6.88. The summed E-state index contributed by atoms with van der Waals surface area (Å²) in [5.41, 5.74) is 3.93. The Hall–Kier alpha value is -2.42. The zero-order chi connectivity index (χ0) is 24.6. The largest absolute Gasteiger partial charge is 0.489 e. The van der Waals surface area contributed by atoms with Crippen LogP contribution in [0.4, 0.5) is 0 Å². The van der Waals surface area contributed by atoms with Crippen molar-refractivity contribution in [3.05, 3.63) is 65.2 Å². The van der Waals surface area contributed by atoms with Crippen LogP contribution in [0.25, 0.3) is 0 Å². The number of hydrogen-bond acceptors (Lipinski definition) is 3. The Balaban J connectivity index is 1.40. The number of fused-ring (bicyclic) bond motifs is 5. The average molecular weight is 473 g/mol. The van der Waals surface area contributed by atoms with Crippen LogP contribution in [-0.2, 0) is 22.6 Å². The van der Waals surface area contributed by atoms with Gasteiger partial charge in [-0.3, -0.25) is 4.79 Å². The Morgan fingerprint density at radius 1 is 1.11 bits per heavy atom. The maximum atomic E-state index is 13.6. The van der Waals surface area contributed by atoms with Gasteiger partial charge in [0, 0.05) is 17.8 Å². The molecule has 6 atom stereocenters. The average Bonchev–Trinajstić information content (AvgIpc) is 3.12. The molecular weight excluding hydrogens is 432 g/mol. The first-order valence-electron chi connectivity index (χ1n) is 13.7. The summed E-state index contributed by atoms with van der Waals surface area (Å²) in [6, 6.07) is 17.1. The molecule has 3 nitrogen and oxygen atoms in total. The van der Waals surface area contributed by atoms with E-state index in [1.807, 2.05) is 6.07 Å². The molecule has 3 aliphatic rings. The lowest BCUT2D eigenvalue weighted by Gasteiger charge is -2.51. The second kappa shape index (κ2) is 9.91. The SMILES string of the molecule is CCC[C@@H]1Cc2cc(OCc3ccccc3)ccc2C2CC[C@]3(C)C(=O)[C@H](CCC(C)=O)CC3C21. The van der Waals surface area contributed by atoms with Crippen LogP contribution >= 0.6 is 0 Å². The summed E-state index contributed by atoms with van der Waals surface area (Å²) in [5.74, 6) is 3.87. The molecule has 0 spiro atoms. The fraction of sp³-hybridized carbons (Fsp3) is 0.562. The highest BCUT2D eigenvalue weighted by atomic mass is 16.5. The summed E-state index contributed by atoms with van der Waals surface area (Å²) in [6.45, 7) is 6.79. The topological polar surface area (TPSA) is 43.4 Å². The number of hydrogen-bond donors (Lipinski definition) is 0. The van der Waals surface area contributed by atoms with E-state index in [2.05, 4.69) is 56.3 Å². The van der Waals surface area contributed by atoms with Crippen molar-refractivity contribution in [3.63, 3.8) is 0 Å². The minimum atomic E-state index is -0.204. The summed E-state index contributed by atoms with van der Waals surface area (Å²) in [4.78, 5) is 25.2. The van der Waals surface area contributed by atoms with Gasteiger partial charge in [-0.2, -0.15) is 0 Å². The van der Waals surface area contributed by atoms with Crippen molar-refractivity contribution in [2.75, 3.05) is 0 Å². The molecule has 0 aromatic heterocycles. The number of rotatable bonds is 8. The predicted molar refractivity (Wildman–Crippen MR) is 139 cm³/mol. The third-order valence-corrected chi connectivity index (χ3v) is 9.49. The van der Waals surface area contributed by atoms with Gasteiger partial charge < -0.3 is 9.53 Å². The minimum Gasteiger partial charge on any atom is -0.489 e. The van der Waals surface area contributed by atoms with Crippen LogP contribution in [0.15, 0.2) is 48.5 Å². The van der Waals surface area contributed by atoms with Crippen LogP contribution in [0.2, 0.25) is 0 Å². The first-order valence-corrected chi connectivity index (χ1v) is 13.7. The lowest BCUT2D eigenvalue weighted by atomic mass is 9.52. The summed E-state index contributed by atoms with van der Waals surface area (Å²) >= 11 is 0. The molecule has 3 heteroatoms. The molecule has 0 aliphatic heterocycles. The lowest BCUT2D eigenvalue weighted by molar-refractivity contribution is -0.132. The van der Waals surface area contributed by atoms with Crippen molar-refractivity contribution in [2.45, 2.75) is 84.7 Å². The number of ketones is 2. The fourth-order valence-electron chi connectivity index (χ4n) is 7.82. The van der Waals surface area contributed by atoms with E-state index < -0.39 is 0 Å². The number of benzene rings is 2. The first-order chi connectivity index (χ1) is 16.9. The first kappa shape index (κ1) is 24.3. The Bertz CT molecular complexity index is 1070. The number of carbonyl (C=O) groups is 2. The second-order valence-corrected chi connectivity index (χ2v) is 11.7. The van der Waals surface area contributed by atoms with Crippen LogP contribution in [0.3, 0.4) is 0 Å². The van der Waals surface area contributed by atoms with E-state index in [9.17, 15) is 9.59 Å². The lowest BCUT2D eigenvalue weighted by Crippen LogP contribution is -2.46. The minimum absolute atomic E-state index is 0.0742. The summed E-state index contributed by atoms with van der Waals surface area (Å²) in [7, 11) is 0. The molecule has 0 bridgehead atoms. The van der Waals surface area contributed by atoms with Gasteiger partial charge in [-0.15, -0.1) is 0 Å². The molecule has 0 heterocycles. The van der Waals surface area contributed by atoms with E-state index in [1.165, 1.54) is 29.5 Å². The van der Waals surface area contributed by atoms with Crippen molar-refractivity contribution in [3.8, 4) is 5.75 Å². The standard InChI is InChI=1S/C32H40O3/c1-4-8-23-17-25-18-26(35-20-22-9-6-5-7-10-22)13-14-27(25)28-15-16-32(3)29(30(23)28)19-24(31(32)34)12-11-21(2)33/h5-7,9-10,13-14,18,23-24,28-30H,4,8,11-12,15-17,19-20H2,1-3H3/t23-,24-,28?,29?,30?,32+/m1/s1. The molecule has 0 amide bonds. The van der Waals surface area contributed by atoms with Gasteiger partial charge in [0.15, 0.2) is 0 Å². The molecule has 2 fully saturated rings. The summed E-state index contributed by atoms with van der Waals surface area (Å²) in [6.07, 6.45) is 7.84. The van der Waals surface area contributed by atoms with Crippen LogP contribution in [-0.4, -0.2) is 11.6 Å². The van der Waals surface area contributed by atoms with Crippen LogP contribution < -0.4 is 4.74 Å². The van der Waals surface area contributed by atoms with Crippen molar-refractivity contribution in [1.29, 1.82) is 0 Å². The van der Waals surface area contributed by atoms with Gasteiger partial charge in [-0.25, -0.2) is 0 Å². The second-order valence-electron chi connectivity index (χ2n) is 11.7. The van der Waals surface area contributed by atoms with Gasteiger partial charge in [0.25, 0.3) is 0 Å². The van der Waals surface area contributed by atoms with E-state index in [1.54, 1.807) is 6.92 Å². The number of carbonyl (C=O) groups excluding carboxylic acids is 2. The molecular formula is C32H40O3. The highest BCUT2D eigenvalue weighted by Gasteiger charge is 2.59. The van der Waals surface area contributed by atoms with Crippen molar-refractivity contribution < 1.29 is 14.3 Å². The zero-order valence-electron chi connectivity index (χ0n) is 21.6. The highest BCUT2D eigenvalue weighted by Crippen LogP contribution is 2.63. The predicted octanol–water partition coefficient (Wildman–Crippen LogP) is 7.31. The molecule has 0 saturated heterocycles. The van der Waals surface area contributed by atoms with E-state index in [4.69, 9.17) is 4.74 Å². The van der Waals surface area contributed by atoms with Crippen LogP contribution in [0.5, 0.6) is 5.75 Å². The van der Waals surface area contributed by atoms with Crippen LogP contribution in [0.1, 0.15) is 88.3 Å². The summed E-state index contributed by atoms with van der Waals surface area (Å²) < 4.78 is 6.18. The molecule has 2 saturated carbocycles. The Labute approximate surface area is 210 Å². The number of Topliss-reactive ketones (excluding diaryl/α,β-unsaturated/α-hetero) is 2. The molecule has 0 N–H and O–H groups in total. The van der Waals surface area contributed by atoms with E-state index in [-0.39, 0.29) is 17.1 Å².